The maximum Gasteiger partial charge on any atom is -0.0482 e. The summed E-state index contributed by atoms with van der Waals surface area (Å²) in [6.45, 7) is 4.06. The second kappa shape index (κ2) is 4.69. The highest BCUT2D eigenvalue weighted by Gasteiger charge is 1.78. The van der Waals surface area contributed by atoms with E-state index in [0.717, 1.165) is 18.5 Å². The minimum Gasteiger partial charge on any atom is -0.702 e. The van der Waals surface area contributed by atoms with E-state index in [0.29, 0.717) is 0 Å². The molecule has 0 saturated heterocycles. The van der Waals surface area contributed by atoms with E-state index >= 15 is 0 Å². The van der Waals surface area contributed by atoms with E-state index < -0.39 is 0 Å². The van der Waals surface area contributed by atoms with Crippen molar-refractivity contribution in [1.82, 2.24) is 0 Å². The van der Waals surface area contributed by atoms with Crippen LogP contribution in [0.1, 0.15) is 33.1 Å². The van der Waals surface area contributed by atoms with Gasteiger partial charge < -0.3 is 5.73 Å². The molecule has 0 aliphatic heterocycles. The molecular formula is C7H14N-. The number of nitrogens with one attached hydrogen (secondary N) is 1. The minimum atomic E-state index is 0.770. The Bertz CT molecular complexity index is 74.5. The van der Waals surface area contributed by atoms with Gasteiger partial charge in [0.2, 0.25) is 0 Å². The molecule has 0 aromatic rings. The Morgan fingerprint density at radius 1 is 1.62 bits per heavy atom. The summed E-state index contributed by atoms with van der Waals surface area (Å²) in [4.78, 5) is 0. The third-order valence-electron chi connectivity index (χ3n) is 1.15. The topological polar surface area (TPSA) is 23.8 Å². The predicted molar refractivity (Wildman–Crippen MR) is 37.6 cm³/mol. The predicted octanol–water partition coefficient (Wildman–Crippen LogP) is 3.13. The van der Waals surface area contributed by atoms with Gasteiger partial charge in [0, 0.05) is 0 Å². The first-order chi connectivity index (χ1) is 3.81. The van der Waals surface area contributed by atoms with Crippen LogP contribution in [0, 0.1) is 0 Å². The van der Waals surface area contributed by atoms with Gasteiger partial charge >= 0.3 is 0 Å². The van der Waals surface area contributed by atoms with Gasteiger partial charge in [-0.25, -0.2) is 0 Å². The van der Waals surface area contributed by atoms with Gasteiger partial charge in [-0.05, 0) is 13.3 Å². The van der Waals surface area contributed by atoms with Crippen LogP contribution >= 0.6 is 0 Å². The number of hydrogen-bond acceptors (Lipinski definition) is 0. The molecule has 8 heavy (non-hydrogen) atoms. The molecule has 0 spiro atoms. The quantitative estimate of drug-likeness (QED) is 0.535. The van der Waals surface area contributed by atoms with E-state index in [4.69, 9.17) is 5.73 Å². The Kier molecular flexibility index (Phi) is 4.42. The van der Waals surface area contributed by atoms with Crippen LogP contribution < -0.4 is 0 Å². The number of allylic oxidation sites excluding steroid dienone is 2. The smallest absolute Gasteiger partial charge is 0.0482 e. The van der Waals surface area contributed by atoms with Gasteiger partial charge in [-0.1, -0.05) is 19.8 Å². The zero-order valence-corrected chi connectivity index (χ0v) is 5.70. The molecule has 1 heteroatoms. The van der Waals surface area contributed by atoms with E-state index in [1.54, 1.807) is 0 Å². The maximum absolute atomic E-state index is 7.19. The summed E-state index contributed by atoms with van der Waals surface area (Å²) in [7, 11) is 0. The van der Waals surface area contributed by atoms with E-state index in [1.807, 2.05) is 13.0 Å². The van der Waals surface area contributed by atoms with Crippen LogP contribution in [0.2, 0.25) is 0 Å². The summed E-state index contributed by atoms with van der Waals surface area (Å²) in [5.41, 5.74) is 7.96. The first-order valence-corrected chi connectivity index (χ1v) is 3.18. The van der Waals surface area contributed by atoms with Crippen molar-refractivity contribution in [3.8, 4) is 0 Å². The Morgan fingerprint density at radius 2 is 2.25 bits per heavy atom. The molecule has 0 aliphatic rings. The molecule has 0 fully saturated rings. The van der Waals surface area contributed by atoms with Crippen molar-refractivity contribution in [3.05, 3.63) is 17.5 Å². The second-order valence-electron chi connectivity index (χ2n) is 1.92. The Labute approximate surface area is 51.6 Å². The lowest BCUT2D eigenvalue weighted by Gasteiger charge is -2.05. The second-order valence-corrected chi connectivity index (χ2v) is 1.92. The number of hydrogen-bond donors (Lipinski definition) is 0. The average molecular weight is 112 g/mol. The van der Waals surface area contributed by atoms with Crippen molar-refractivity contribution >= 4 is 0 Å². The molecule has 0 aromatic carbocycles. The Hall–Kier alpha value is -0.460. The minimum absolute atomic E-state index is 0.770. The van der Waals surface area contributed by atoms with Crippen LogP contribution in [0.15, 0.2) is 11.8 Å². The number of unbranched alkanes of at least 4 members (excludes halogenated alkanes) is 1. The molecule has 0 amide bonds. The van der Waals surface area contributed by atoms with Gasteiger partial charge in [0.25, 0.3) is 0 Å². The molecule has 0 rings (SSSR count). The highest BCUT2D eigenvalue weighted by Crippen LogP contribution is 2.05. The number of rotatable bonds is 3. The van der Waals surface area contributed by atoms with E-state index in [-0.39, 0.29) is 0 Å². The Balaban J connectivity index is 3.12. The summed E-state index contributed by atoms with van der Waals surface area (Å²) in [5.74, 6) is 0. The van der Waals surface area contributed by atoms with Crippen LogP contribution in [0.3, 0.4) is 0 Å². The van der Waals surface area contributed by atoms with E-state index in [9.17, 15) is 0 Å². The van der Waals surface area contributed by atoms with Gasteiger partial charge in [0.15, 0.2) is 0 Å². The van der Waals surface area contributed by atoms with Crippen molar-refractivity contribution in [2.45, 2.75) is 33.1 Å². The fraction of sp³-hybridized carbons (Fsp3) is 0.714. The largest absolute Gasteiger partial charge is 0.702 e. The third kappa shape index (κ3) is 3.72. The fourth-order valence-electron chi connectivity index (χ4n) is 0.512. The van der Waals surface area contributed by atoms with Crippen LogP contribution in [0.4, 0.5) is 0 Å². The molecule has 0 aromatic heterocycles. The molecule has 0 bridgehead atoms. The third-order valence-corrected chi connectivity index (χ3v) is 1.15. The standard InChI is InChI=1S/C7H14N/c1-3-5-6-7(8)4-2/h4,8H,3,5-6H2,1-2H3/q-1. The SMILES string of the molecule is CC=C([NH-])CCCC. The Morgan fingerprint density at radius 3 is 2.62 bits per heavy atom. The summed E-state index contributed by atoms with van der Waals surface area (Å²) >= 11 is 0. The summed E-state index contributed by atoms with van der Waals surface area (Å²) in [6, 6.07) is 0. The van der Waals surface area contributed by atoms with Crippen LogP contribution in [0.25, 0.3) is 5.73 Å². The first kappa shape index (κ1) is 7.54. The highest BCUT2D eigenvalue weighted by molar-refractivity contribution is 5.04. The molecule has 0 unspecified atom stereocenters. The van der Waals surface area contributed by atoms with Crippen molar-refractivity contribution in [2.75, 3.05) is 0 Å². The lowest BCUT2D eigenvalue weighted by molar-refractivity contribution is 0.797. The first-order valence-electron chi connectivity index (χ1n) is 3.18. The maximum atomic E-state index is 7.19. The lowest BCUT2D eigenvalue weighted by Crippen LogP contribution is -1.73. The van der Waals surface area contributed by atoms with Gasteiger partial charge in [0.1, 0.15) is 0 Å². The molecule has 0 radical (unpaired) electrons. The molecule has 1 N–H and O–H groups in total. The monoisotopic (exact) mass is 112 g/mol. The fourth-order valence-corrected chi connectivity index (χ4v) is 0.512. The van der Waals surface area contributed by atoms with Crippen molar-refractivity contribution in [1.29, 1.82) is 0 Å². The van der Waals surface area contributed by atoms with Crippen molar-refractivity contribution in [2.24, 2.45) is 0 Å². The normalized spacial score (nSPS) is 12.0. The molecule has 1 nitrogen and oxygen atoms in total. The van der Waals surface area contributed by atoms with E-state index in [2.05, 4.69) is 6.92 Å². The zero-order chi connectivity index (χ0) is 6.41. The summed E-state index contributed by atoms with van der Waals surface area (Å²) < 4.78 is 0. The van der Waals surface area contributed by atoms with E-state index in [1.165, 1.54) is 6.42 Å². The summed E-state index contributed by atoms with van der Waals surface area (Å²) in [5, 5.41) is 0. The van der Waals surface area contributed by atoms with Crippen LogP contribution in [-0.2, 0) is 0 Å². The van der Waals surface area contributed by atoms with Crippen LogP contribution in [-0.4, -0.2) is 0 Å². The zero-order valence-electron chi connectivity index (χ0n) is 5.70. The van der Waals surface area contributed by atoms with Crippen molar-refractivity contribution in [3.63, 3.8) is 0 Å². The molecule has 48 valence electrons. The molecule has 0 aliphatic carbocycles. The molecular weight excluding hydrogens is 98.1 g/mol. The van der Waals surface area contributed by atoms with Gasteiger partial charge in [-0.15, -0.1) is 6.08 Å². The lowest BCUT2D eigenvalue weighted by atomic mass is 10.2. The van der Waals surface area contributed by atoms with Gasteiger partial charge in [0.05, 0.1) is 0 Å². The summed E-state index contributed by atoms with van der Waals surface area (Å²) in [6.07, 6.45) is 5.15. The van der Waals surface area contributed by atoms with Crippen molar-refractivity contribution < 1.29 is 0 Å². The van der Waals surface area contributed by atoms with Gasteiger partial charge in [-0.2, -0.15) is 5.70 Å². The van der Waals surface area contributed by atoms with Crippen LogP contribution in [0.5, 0.6) is 0 Å². The highest BCUT2D eigenvalue weighted by atomic mass is 14.6. The average Bonchev–Trinajstić information content (AvgIpc) is 1.83. The van der Waals surface area contributed by atoms with Gasteiger partial charge in [-0.3, -0.25) is 0 Å². The molecule has 0 heterocycles. The molecule has 0 saturated carbocycles. The molecule has 0 atom stereocenters.